The lowest BCUT2D eigenvalue weighted by Gasteiger charge is -2.22. The molecule has 0 saturated heterocycles. The SMILES string of the molecule is CC(C)Nc1nc(N[C@H](C)C(F)(F)F)nc(C2=C(Cl)C(O)CCC2)n1. The first-order valence-electron chi connectivity index (χ1n) is 8.00. The lowest BCUT2D eigenvalue weighted by Crippen LogP contribution is -2.34. The zero-order chi connectivity index (χ0) is 18.8. The van der Waals surface area contributed by atoms with Crippen LogP contribution in [0.3, 0.4) is 0 Å². The van der Waals surface area contributed by atoms with Crippen LogP contribution in [-0.2, 0) is 0 Å². The van der Waals surface area contributed by atoms with Gasteiger partial charge in [0.2, 0.25) is 11.9 Å². The molecule has 0 bridgehead atoms. The number of rotatable bonds is 5. The van der Waals surface area contributed by atoms with E-state index in [0.29, 0.717) is 24.8 Å². The topological polar surface area (TPSA) is 83.0 Å². The monoisotopic (exact) mass is 379 g/mol. The fraction of sp³-hybridized carbons (Fsp3) is 0.667. The molecule has 10 heteroatoms. The summed E-state index contributed by atoms with van der Waals surface area (Å²) < 4.78 is 38.4. The van der Waals surface area contributed by atoms with Gasteiger partial charge in [-0.15, -0.1) is 0 Å². The van der Waals surface area contributed by atoms with Crippen molar-refractivity contribution in [3.63, 3.8) is 0 Å². The summed E-state index contributed by atoms with van der Waals surface area (Å²) in [4.78, 5) is 12.3. The average molecular weight is 380 g/mol. The summed E-state index contributed by atoms with van der Waals surface area (Å²) in [7, 11) is 0. The number of alkyl halides is 3. The summed E-state index contributed by atoms with van der Waals surface area (Å²) in [5.74, 6) is 0.114. The quantitative estimate of drug-likeness (QED) is 0.725. The van der Waals surface area contributed by atoms with Crippen LogP contribution in [0.4, 0.5) is 25.1 Å². The first-order valence-corrected chi connectivity index (χ1v) is 8.38. The predicted octanol–water partition coefficient (Wildman–Crippen LogP) is 3.55. The molecule has 0 fully saturated rings. The first-order chi connectivity index (χ1) is 11.6. The highest BCUT2D eigenvalue weighted by Gasteiger charge is 2.36. The highest BCUT2D eigenvalue weighted by molar-refractivity contribution is 6.33. The minimum Gasteiger partial charge on any atom is -0.387 e. The molecule has 1 unspecified atom stereocenters. The van der Waals surface area contributed by atoms with E-state index in [1.807, 2.05) is 13.8 Å². The first kappa shape index (κ1) is 19.7. The summed E-state index contributed by atoms with van der Waals surface area (Å²) >= 11 is 6.16. The molecule has 0 aliphatic heterocycles. The molecule has 0 saturated carbocycles. The number of nitrogens with one attached hydrogen (secondary N) is 2. The average Bonchev–Trinajstić information content (AvgIpc) is 2.48. The molecule has 0 amide bonds. The van der Waals surface area contributed by atoms with Crippen LogP contribution in [0.15, 0.2) is 5.03 Å². The summed E-state index contributed by atoms with van der Waals surface area (Å²) in [6.07, 6.45) is -3.49. The molecule has 2 atom stereocenters. The third kappa shape index (κ3) is 5.18. The van der Waals surface area contributed by atoms with Crippen molar-refractivity contribution < 1.29 is 18.3 Å². The lowest BCUT2D eigenvalue weighted by molar-refractivity contribution is -0.138. The summed E-state index contributed by atoms with van der Waals surface area (Å²) in [6, 6.07) is -1.85. The summed E-state index contributed by atoms with van der Waals surface area (Å²) in [5.41, 5.74) is 0.525. The number of anilines is 2. The number of halogens is 4. The zero-order valence-corrected chi connectivity index (χ0v) is 14.9. The Labute approximate surface area is 148 Å². The summed E-state index contributed by atoms with van der Waals surface area (Å²) in [5, 5.41) is 15.3. The third-order valence-corrected chi connectivity index (χ3v) is 4.12. The van der Waals surface area contributed by atoms with Crippen molar-refractivity contribution in [1.29, 1.82) is 0 Å². The maximum absolute atomic E-state index is 12.8. The molecule has 1 aliphatic carbocycles. The normalized spacial score (nSPS) is 20.0. The van der Waals surface area contributed by atoms with Gasteiger partial charge in [-0.3, -0.25) is 0 Å². The molecule has 6 nitrogen and oxygen atoms in total. The van der Waals surface area contributed by atoms with E-state index in [-0.39, 0.29) is 28.8 Å². The number of allylic oxidation sites excluding steroid dienone is 1. The summed E-state index contributed by atoms with van der Waals surface area (Å²) in [6.45, 7) is 4.69. The van der Waals surface area contributed by atoms with Gasteiger partial charge in [0.15, 0.2) is 5.82 Å². The zero-order valence-electron chi connectivity index (χ0n) is 14.2. The molecule has 0 aromatic carbocycles. The van der Waals surface area contributed by atoms with Gasteiger partial charge in [-0.25, -0.2) is 0 Å². The Hall–Kier alpha value is -1.61. The van der Waals surface area contributed by atoms with Crippen molar-refractivity contribution >= 4 is 29.1 Å². The Morgan fingerprint density at radius 2 is 1.72 bits per heavy atom. The fourth-order valence-corrected chi connectivity index (χ4v) is 2.60. The number of aliphatic hydroxyl groups is 1. The Morgan fingerprint density at radius 1 is 1.12 bits per heavy atom. The molecule has 1 aromatic heterocycles. The van der Waals surface area contributed by atoms with Gasteiger partial charge >= 0.3 is 6.18 Å². The fourth-order valence-electron chi connectivity index (χ4n) is 2.31. The highest BCUT2D eigenvalue weighted by atomic mass is 35.5. The van der Waals surface area contributed by atoms with Gasteiger partial charge in [-0.1, -0.05) is 11.6 Å². The van der Waals surface area contributed by atoms with Crippen LogP contribution in [0.25, 0.3) is 5.57 Å². The van der Waals surface area contributed by atoms with Gasteiger partial charge in [-0.05, 0) is 40.0 Å². The van der Waals surface area contributed by atoms with E-state index in [9.17, 15) is 18.3 Å². The minimum atomic E-state index is -4.43. The van der Waals surface area contributed by atoms with E-state index in [1.165, 1.54) is 0 Å². The van der Waals surface area contributed by atoms with Crippen molar-refractivity contribution in [1.82, 2.24) is 15.0 Å². The molecule has 25 heavy (non-hydrogen) atoms. The number of hydrogen-bond donors (Lipinski definition) is 3. The molecule has 1 aromatic rings. The van der Waals surface area contributed by atoms with Gasteiger partial charge in [0.1, 0.15) is 6.04 Å². The number of nitrogens with zero attached hydrogens (tertiary/aromatic N) is 3. The van der Waals surface area contributed by atoms with Crippen molar-refractivity contribution in [3.8, 4) is 0 Å². The van der Waals surface area contributed by atoms with Crippen LogP contribution in [0.5, 0.6) is 0 Å². The van der Waals surface area contributed by atoms with Gasteiger partial charge < -0.3 is 15.7 Å². The Balaban J connectivity index is 2.42. The standard InChI is InChI=1S/C15H21ClF3N5O/c1-7(2)20-13-22-12(9-5-4-6-10(25)11(9)16)23-14(24-13)21-8(3)15(17,18)19/h7-8,10,25H,4-6H2,1-3H3,(H2,20,21,22,23,24)/t8-,10?/m1/s1. The van der Waals surface area contributed by atoms with E-state index in [1.54, 1.807) is 0 Å². The Kier molecular flexibility index (Phi) is 6.10. The van der Waals surface area contributed by atoms with E-state index in [0.717, 1.165) is 6.92 Å². The van der Waals surface area contributed by atoms with Gasteiger partial charge in [0.25, 0.3) is 0 Å². The van der Waals surface area contributed by atoms with Crippen LogP contribution in [0.1, 0.15) is 45.9 Å². The molecular formula is C15H21ClF3N5O. The Morgan fingerprint density at radius 3 is 2.28 bits per heavy atom. The maximum atomic E-state index is 12.8. The van der Waals surface area contributed by atoms with Crippen LogP contribution in [0.2, 0.25) is 0 Å². The Bertz CT molecular complexity index is 651. The number of hydrogen-bond acceptors (Lipinski definition) is 6. The molecular weight excluding hydrogens is 359 g/mol. The number of aliphatic hydroxyl groups excluding tert-OH is 1. The second kappa shape index (κ2) is 7.74. The lowest BCUT2D eigenvalue weighted by atomic mass is 9.96. The van der Waals surface area contributed by atoms with Crippen molar-refractivity contribution in [2.75, 3.05) is 10.6 Å². The molecule has 1 aliphatic rings. The molecule has 0 spiro atoms. The smallest absolute Gasteiger partial charge is 0.387 e. The molecule has 0 radical (unpaired) electrons. The second-order valence-electron chi connectivity index (χ2n) is 6.25. The molecule has 2 rings (SSSR count). The van der Waals surface area contributed by atoms with Gasteiger partial charge in [0, 0.05) is 11.6 Å². The minimum absolute atomic E-state index is 0.0236. The van der Waals surface area contributed by atoms with Crippen molar-refractivity contribution in [2.24, 2.45) is 0 Å². The van der Waals surface area contributed by atoms with E-state index in [4.69, 9.17) is 11.6 Å². The van der Waals surface area contributed by atoms with Gasteiger partial charge in [0.05, 0.1) is 11.1 Å². The van der Waals surface area contributed by atoms with E-state index >= 15 is 0 Å². The van der Waals surface area contributed by atoms with Crippen LogP contribution in [-0.4, -0.2) is 44.4 Å². The van der Waals surface area contributed by atoms with E-state index < -0.39 is 18.3 Å². The second-order valence-corrected chi connectivity index (χ2v) is 6.65. The van der Waals surface area contributed by atoms with Crippen molar-refractivity contribution in [2.45, 2.75) is 64.4 Å². The largest absolute Gasteiger partial charge is 0.408 e. The molecule has 140 valence electrons. The van der Waals surface area contributed by atoms with E-state index in [2.05, 4.69) is 25.6 Å². The van der Waals surface area contributed by atoms with Crippen LogP contribution < -0.4 is 10.6 Å². The number of aromatic nitrogens is 3. The van der Waals surface area contributed by atoms with Gasteiger partial charge in [-0.2, -0.15) is 28.1 Å². The van der Waals surface area contributed by atoms with Crippen LogP contribution >= 0.6 is 11.6 Å². The van der Waals surface area contributed by atoms with Crippen LogP contribution in [0, 0.1) is 0 Å². The molecule has 1 heterocycles. The van der Waals surface area contributed by atoms with Crippen molar-refractivity contribution in [3.05, 3.63) is 10.9 Å². The predicted molar refractivity (Wildman–Crippen MR) is 90.4 cm³/mol. The highest BCUT2D eigenvalue weighted by Crippen LogP contribution is 2.34. The maximum Gasteiger partial charge on any atom is 0.408 e. The molecule has 3 N–H and O–H groups in total. The third-order valence-electron chi connectivity index (χ3n) is 3.64.